The molecule has 1 saturated heterocycles. The van der Waals surface area contributed by atoms with E-state index in [0.29, 0.717) is 0 Å². The number of thioether (sulfide) groups is 1. The van der Waals surface area contributed by atoms with Crippen molar-refractivity contribution >= 4 is 34.2 Å². The molecule has 2 aromatic rings. The highest BCUT2D eigenvalue weighted by Gasteiger charge is 2.13. The summed E-state index contributed by atoms with van der Waals surface area (Å²) in [6, 6.07) is 10.9. The quantitative estimate of drug-likeness (QED) is 0.834. The number of aromatic hydroxyl groups is 1. The molecule has 0 saturated carbocycles. The van der Waals surface area contributed by atoms with Crippen LogP contribution in [-0.2, 0) is 0 Å². The first-order valence-electron chi connectivity index (χ1n) is 6.39. The molecular weight excluding hydrogens is 272 g/mol. The summed E-state index contributed by atoms with van der Waals surface area (Å²) < 4.78 is 0. The van der Waals surface area contributed by atoms with E-state index in [2.05, 4.69) is 10.5 Å². The molecule has 1 aliphatic heterocycles. The molecule has 0 atom stereocenters. The van der Waals surface area contributed by atoms with Crippen LogP contribution in [0.5, 0.6) is 5.75 Å². The molecule has 5 heteroatoms. The third-order valence-corrected chi connectivity index (χ3v) is 4.26. The minimum Gasteiger partial charge on any atom is -0.507 e. The number of hydrazone groups is 1. The van der Waals surface area contributed by atoms with Crippen LogP contribution in [0.15, 0.2) is 41.5 Å². The Morgan fingerprint density at radius 1 is 1.25 bits per heavy atom. The normalized spacial score (nSPS) is 16.7. The van der Waals surface area contributed by atoms with Crippen LogP contribution < -0.4 is 5.43 Å². The van der Waals surface area contributed by atoms with E-state index in [1.165, 1.54) is 0 Å². The van der Waals surface area contributed by atoms with Crippen molar-refractivity contribution in [3.63, 3.8) is 0 Å². The number of carbonyl (C=O) groups excluding carboxylic acids is 1. The van der Waals surface area contributed by atoms with E-state index < -0.39 is 0 Å². The Hall–Kier alpha value is -2.01. The lowest BCUT2D eigenvalue weighted by molar-refractivity contribution is 0.0952. The highest BCUT2D eigenvalue weighted by molar-refractivity contribution is 8.00. The van der Waals surface area contributed by atoms with Crippen LogP contribution in [0.3, 0.4) is 0 Å². The molecule has 1 heterocycles. The van der Waals surface area contributed by atoms with Gasteiger partial charge in [0.25, 0.3) is 5.91 Å². The monoisotopic (exact) mass is 286 g/mol. The van der Waals surface area contributed by atoms with Crippen LogP contribution in [0, 0.1) is 0 Å². The molecule has 2 N–H and O–H groups in total. The van der Waals surface area contributed by atoms with Gasteiger partial charge < -0.3 is 5.11 Å². The van der Waals surface area contributed by atoms with Crippen LogP contribution in [0.2, 0.25) is 0 Å². The van der Waals surface area contributed by atoms with Gasteiger partial charge in [-0.25, -0.2) is 5.43 Å². The second kappa shape index (κ2) is 5.54. The molecule has 0 spiro atoms. The highest BCUT2D eigenvalue weighted by Crippen LogP contribution is 2.24. The summed E-state index contributed by atoms with van der Waals surface area (Å²) in [6.45, 7) is 0. The number of benzene rings is 2. The van der Waals surface area contributed by atoms with Gasteiger partial charge in [-0.3, -0.25) is 4.79 Å². The standard InChI is InChI=1S/C15H14N2O2S/c18-14-8-11-4-2-1-3-10(11)7-13(14)15(19)17-16-12-5-6-20-9-12/h1-4,7-8,18H,5-6,9H2,(H,17,19). The molecule has 0 aromatic heterocycles. The second-order valence-electron chi connectivity index (χ2n) is 4.64. The molecular formula is C15H14N2O2S. The molecule has 0 radical (unpaired) electrons. The summed E-state index contributed by atoms with van der Waals surface area (Å²) in [7, 11) is 0. The zero-order valence-electron chi connectivity index (χ0n) is 10.8. The Balaban J connectivity index is 1.87. The third-order valence-electron chi connectivity index (χ3n) is 3.23. The smallest absolute Gasteiger partial charge is 0.275 e. The lowest BCUT2D eigenvalue weighted by Gasteiger charge is -2.06. The Bertz CT molecular complexity index is 689. The van der Waals surface area contributed by atoms with Gasteiger partial charge in [0.1, 0.15) is 5.75 Å². The molecule has 1 aliphatic rings. The fourth-order valence-corrected chi connectivity index (χ4v) is 3.11. The van der Waals surface area contributed by atoms with Gasteiger partial charge in [0.05, 0.1) is 5.56 Å². The van der Waals surface area contributed by atoms with Crippen molar-refractivity contribution in [3.8, 4) is 5.75 Å². The molecule has 0 aliphatic carbocycles. The van der Waals surface area contributed by atoms with E-state index in [1.807, 2.05) is 24.3 Å². The number of nitrogens with zero attached hydrogens (tertiary/aromatic N) is 1. The average molecular weight is 286 g/mol. The molecule has 0 bridgehead atoms. The number of nitrogens with one attached hydrogen (secondary N) is 1. The molecule has 20 heavy (non-hydrogen) atoms. The number of hydrogen-bond donors (Lipinski definition) is 2. The Morgan fingerprint density at radius 3 is 2.70 bits per heavy atom. The Morgan fingerprint density at radius 2 is 2.00 bits per heavy atom. The van der Waals surface area contributed by atoms with Gasteiger partial charge in [-0.15, -0.1) is 0 Å². The number of phenolic OH excluding ortho intramolecular Hbond substituents is 1. The van der Waals surface area contributed by atoms with Crippen LogP contribution in [0.1, 0.15) is 16.8 Å². The van der Waals surface area contributed by atoms with E-state index >= 15 is 0 Å². The molecule has 4 nitrogen and oxygen atoms in total. The predicted molar refractivity (Wildman–Crippen MR) is 82.5 cm³/mol. The maximum Gasteiger partial charge on any atom is 0.275 e. The summed E-state index contributed by atoms with van der Waals surface area (Å²) >= 11 is 1.80. The number of rotatable bonds is 2. The SMILES string of the molecule is O=C(NN=C1CCSC1)c1cc2ccccc2cc1O. The number of carbonyl (C=O) groups is 1. The largest absolute Gasteiger partial charge is 0.507 e. The average Bonchev–Trinajstić information content (AvgIpc) is 2.97. The van der Waals surface area contributed by atoms with Crippen LogP contribution in [0.25, 0.3) is 10.8 Å². The Kier molecular flexibility index (Phi) is 3.60. The summed E-state index contributed by atoms with van der Waals surface area (Å²) in [5, 5.41) is 15.9. The van der Waals surface area contributed by atoms with Crippen molar-refractivity contribution in [3.05, 3.63) is 42.0 Å². The number of amides is 1. The molecule has 1 amide bonds. The maximum absolute atomic E-state index is 12.1. The highest BCUT2D eigenvalue weighted by atomic mass is 32.2. The zero-order chi connectivity index (χ0) is 13.9. The topological polar surface area (TPSA) is 61.7 Å². The van der Waals surface area contributed by atoms with Gasteiger partial charge in [-0.1, -0.05) is 24.3 Å². The van der Waals surface area contributed by atoms with E-state index in [9.17, 15) is 9.90 Å². The summed E-state index contributed by atoms with van der Waals surface area (Å²) in [6.07, 6.45) is 0.911. The third kappa shape index (κ3) is 2.63. The molecule has 2 aromatic carbocycles. The fourth-order valence-electron chi connectivity index (χ4n) is 2.14. The van der Waals surface area contributed by atoms with Gasteiger partial charge in [0.2, 0.25) is 0 Å². The number of fused-ring (bicyclic) bond motifs is 1. The maximum atomic E-state index is 12.1. The van der Waals surface area contributed by atoms with Crippen molar-refractivity contribution in [2.45, 2.75) is 6.42 Å². The molecule has 0 unspecified atom stereocenters. The van der Waals surface area contributed by atoms with Crippen molar-refractivity contribution in [2.24, 2.45) is 5.10 Å². The van der Waals surface area contributed by atoms with Crippen molar-refractivity contribution in [1.82, 2.24) is 5.43 Å². The fraction of sp³-hybridized carbons (Fsp3) is 0.200. The van der Waals surface area contributed by atoms with Crippen LogP contribution >= 0.6 is 11.8 Å². The zero-order valence-corrected chi connectivity index (χ0v) is 11.6. The van der Waals surface area contributed by atoms with Gasteiger partial charge in [0.15, 0.2) is 0 Å². The first-order valence-corrected chi connectivity index (χ1v) is 7.55. The van der Waals surface area contributed by atoms with Gasteiger partial charge in [-0.2, -0.15) is 16.9 Å². The molecule has 1 fully saturated rings. The second-order valence-corrected chi connectivity index (χ2v) is 5.74. The van der Waals surface area contributed by atoms with Gasteiger partial charge >= 0.3 is 0 Å². The lowest BCUT2D eigenvalue weighted by Crippen LogP contribution is -2.19. The summed E-state index contributed by atoms with van der Waals surface area (Å²) in [5.41, 5.74) is 3.76. The predicted octanol–water partition coefficient (Wildman–Crippen LogP) is 2.77. The van der Waals surface area contributed by atoms with Gasteiger partial charge in [-0.05, 0) is 35.1 Å². The van der Waals surface area contributed by atoms with E-state index in [-0.39, 0.29) is 17.2 Å². The minimum absolute atomic E-state index is 0.0257. The van der Waals surface area contributed by atoms with Crippen molar-refractivity contribution in [1.29, 1.82) is 0 Å². The Labute approximate surface area is 120 Å². The first kappa shape index (κ1) is 13.0. The van der Waals surface area contributed by atoms with E-state index in [0.717, 1.165) is 34.4 Å². The van der Waals surface area contributed by atoms with E-state index in [4.69, 9.17) is 0 Å². The summed E-state index contributed by atoms with van der Waals surface area (Å²) in [5.74, 6) is 1.51. The number of hydrogen-bond acceptors (Lipinski definition) is 4. The van der Waals surface area contributed by atoms with Crippen LogP contribution in [0.4, 0.5) is 0 Å². The van der Waals surface area contributed by atoms with Crippen molar-refractivity contribution < 1.29 is 9.90 Å². The lowest BCUT2D eigenvalue weighted by atomic mass is 10.1. The van der Waals surface area contributed by atoms with E-state index in [1.54, 1.807) is 23.9 Å². The minimum atomic E-state index is -0.377. The molecule has 102 valence electrons. The van der Waals surface area contributed by atoms with Crippen molar-refractivity contribution in [2.75, 3.05) is 11.5 Å². The number of phenols is 1. The molecule has 3 rings (SSSR count). The summed E-state index contributed by atoms with van der Waals surface area (Å²) in [4.78, 5) is 12.1. The van der Waals surface area contributed by atoms with Gasteiger partial charge in [0, 0.05) is 11.5 Å². The first-order chi connectivity index (χ1) is 9.74. The van der Waals surface area contributed by atoms with Crippen LogP contribution in [-0.4, -0.2) is 28.2 Å².